The summed E-state index contributed by atoms with van der Waals surface area (Å²) in [5.74, 6) is 5.82. The number of nitrogens with zero attached hydrogens (tertiary/aromatic N) is 1. The molecule has 1 aliphatic rings. The van der Waals surface area contributed by atoms with Crippen LogP contribution in [0.1, 0.15) is 39.0 Å². The second-order valence-corrected chi connectivity index (χ2v) is 11.5. The molecule has 7 heteroatoms. The fraction of sp³-hybridized carbons (Fsp3) is 0.333. The van der Waals surface area contributed by atoms with Crippen LogP contribution in [0.4, 0.5) is 0 Å². The number of benzene rings is 1. The molecule has 0 aliphatic carbocycles. The monoisotopic (exact) mass is 411 g/mol. The molecule has 1 fully saturated rings. The molecule has 144 valence electrons. The predicted molar refractivity (Wildman–Crippen MR) is 116 cm³/mol. The molecule has 0 saturated carbocycles. The van der Waals surface area contributed by atoms with Gasteiger partial charge in [-0.05, 0) is 63.4 Å². The average Bonchev–Trinajstić information content (AvgIpc) is 2.97. The lowest BCUT2D eigenvalue weighted by atomic mass is 9.91. The standard InChI is InChI=1S/C21H21N3O2S2/c1-5-6-14-8-10-17-18(23-14)15-11-13(7-9-16(15)27-17)21(4)12-28(25,26)20(2,3)19(22)24-21/h7-11H,12H2,1-4H3,(H2,22,24)/t21-/m0/s1. The first-order chi connectivity index (χ1) is 13.1. The van der Waals surface area contributed by atoms with E-state index in [2.05, 4.69) is 22.1 Å². The molecule has 5 nitrogen and oxygen atoms in total. The van der Waals surface area contributed by atoms with Crippen LogP contribution in [0.15, 0.2) is 30.3 Å². The van der Waals surface area contributed by atoms with Gasteiger partial charge < -0.3 is 5.32 Å². The van der Waals surface area contributed by atoms with E-state index in [4.69, 9.17) is 5.41 Å². The fourth-order valence-electron chi connectivity index (χ4n) is 3.52. The van der Waals surface area contributed by atoms with Crippen molar-refractivity contribution < 1.29 is 8.42 Å². The summed E-state index contributed by atoms with van der Waals surface area (Å²) in [7, 11) is -3.48. The number of pyridine rings is 1. The third kappa shape index (κ3) is 2.71. The minimum Gasteiger partial charge on any atom is -0.362 e. The Balaban J connectivity index is 1.89. The molecule has 3 heterocycles. The highest BCUT2D eigenvalue weighted by molar-refractivity contribution is 7.93. The zero-order valence-electron chi connectivity index (χ0n) is 16.2. The van der Waals surface area contributed by atoms with Crippen molar-refractivity contribution in [3.63, 3.8) is 0 Å². The normalized spacial score (nSPS) is 23.2. The molecular weight excluding hydrogens is 390 g/mol. The first kappa shape index (κ1) is 18.9. The Kier molecular flexibility index (Phi) is 4.07. The fourth-order valence-corrected chi connectivity index (χ4v) is 6.27. The van der Waals surface area contributed by atoms with Gasteiger partial charge in [-0.25, -0.2) is 13.4 Å². The van der Waals surface area contributed by atoms with E-state index >= 15 is 0 Å². The van der Waals surface area contributed by atoms with Crippen molar-refractivity contribution in [2.24, 2.45) is 0 Å². The zero-order chi connectivity index (χ0) is 20.3. The lowest BCUT2D eigenvalue weighted by molar-refractivity contribution is 0.443. The van der Waals surface area contributed by atoms with Crippen molar-refractivity contribution in [3.8, 4) is 11.8 Å². The number of sulfone groups is 1. The van der Waals surface area contributed by atoms with E-state index in [1.54, 1.807) is 32.1 Å². The zero-order valence-corrected chi connectivity index (χ0v) is 17.8. The van der Waals surface area contributed by atoms with Crippen LogP contribution in [-0.4, -0.2) is 29.7 Å². The molecule has 4 rings (SSSR count). The molecule has 0 radical (unpaired) electrons. The second kappa shape index (κ2) is 6.03. The minimum atomic E-state index is -3.48. The third-order valence-corrected chi connectivity index (χ3v) is 9.30. The molecule has 0 bridgehead atoms. The number of fused-ring (bicyclic) bond motifs is 3. The molecule has 28 heavy (non-hydrogen) atoms. The van der Waals surface area contributed by atoms with E-state index < -0.39 is 20.1 Å². The highest BCUT2D eigenvalue weighted by atomic mass is 32.2. The molecule has 1 aliphatic heterocycles. The molecule has 3 aromatic rings. The van der Waals surface area contributed by atoms with Gasteiger partial charge in [0.2, 0.25) is 0 Å². The summed E-state index contributed by atoms with van der Waals surface area (Å²) in [5.41, 5.74) is 1.56. The number of rotatable bonds is 1. The van der Waals surface area contributed by atoms with Gasteiger partial charge in [-0.2, -0.15) is 0 Å². The first-order valence-corrected chi connectivity index (χ1v) is 11.4. The summed E-state index contributed by atoms with van der Waals surface area (Å²) < 4.78 is 26.6. The summed E-state index contributed by atoms with van der Waals surface area (Å²) in [5, 5.41) is 12.4. The van der Waals surface area contributed by atoms with E-state index in [0.717, 1.165) is 25.9 Å². The van der Waals surface area contributed by atoms with Crippen LogP contribution in [0.25, 0.3) is 20.3 Å². The van der Waals surface area contributed by atoms with E-state index in [9.17, 15) is 8.42 Å². The first-order valence-electron chi connectivity index (χ1n) is 8.93. The largest absolute Gasteiger partial charge is 0.362 e. The van der Waals surface area contributed by atoms with Gasteiger partial charge in [0.05, 0.1) is 21.5 Å². The lowest BCUT2D eigenvalue weighted by Crippen LogP contribution is -2.63. The predicted octanol–water partition coefficient (Wildman–Crippen LogP) is 3.81. The quantitative estimate of drug-likeness (QED) is 0.597. The molecule has 1 aromatic carbocycles. The molecule has 0 unspecified atom stereocenters. The van der Waals surface area contributed by atoms with E-state index in [0.29, 0.717) is 5.69 Å². The average molecular weight is 412 g/mol. The van der Waals surface area contributed by atoms with Gasteiger partial charge in [0.1, 0.15) is 16.3 Å². The number of hydrogen-bond acceptors (Lipinski definition) is 5. The van der Waals surface area contributed by atoms with Gasteiger partial charge in [-0.1, -0.05) is 12.0 Å². The highest BCUT2D eigenvalue weighted by Gasteiger charge is 2.50. The summed E-state index contributed by atoms with van der Waals surface area (Å²) in [4.78, 5) is 4.68. The van der Waals surface area contributed by atoms with Gasteiger partial charge in [0, 0.05) is 10.1 Å². The van der Waals surface area contributed by atoms with Gasteiger partial charge >= 0.3 is 0 Å². The topological polar surface area (TPSA) is 82.9 Å². The molecule has 2 N–H and O–H groups in total. The maximum Gasteiger partial charge on any atom is 0.165 e. The Morgan fingerprint density at radius 2 is 1.89 bits per heavy atom. The lowest BCUT2D eigenvalue weighted by Gasteiger charge is -2.43. The van der Waals surface area contributed by atoms with Crippen LogP contribution in [0.2, 0.25) is 0 Å². The van der Waals surface area contributed by atoms with Gasteiger partial charge in [-0.15, -0.1) is 11.3 Å². The van der Waals surface area contributed by atoms with Crippen molar-refractivity contribution in [1.29, 1.82) is 5.41 Å². The van der Waals surface area contributed by atoms with E-state index in [1.807, 2.05) is 37.3 Å². The SMILES string of the molecule is CC#Cc1ccc2sc3ccc([C@]4(C)CS(=O)(=O)C(C)(C)C(=N)N4)cc3c2n1. The van der Waals surface area contributed by atoms with Crippen LogP contribution < -0.4 is 5.32 Å². The Morgan fingerprint density at radius 1 is 1.18 bits per heavy atom. The Labute approximate surface area is 168 Å². The van der Waals surface area contributed by atoms with Crippen molar-refractivity contribution >= 4 is 47.3 Å². The van der Waals surface area contributed by atoms with Crippen LogP contribution in [-0.2, 0) is 15.4 Å². The molecule has 1 atom stereocenters. The summed E-state index contributed by atoms with van der Waals surface area (Å²) in [6, 6.07) is 9.88. The molecular formula is C21H21N3O2S2. The van der Waals surface area contributed by atoms with Gasteiger partial charge in [0.25, 0.3) is 0 Å². The van der Waals surface area contributed by atoms with Crippen LogP contribution in [0.3, 0.4) is 0 Å². The highest BCUT2D eigenvalue weighted by Crippen LogP contribution is 2.38. The Bertz CT molecular complexity index is 1310. The number of aromatic nitrogens is 1. The number of amidine groups is 1. The molecule has 1 saturated heterocycles. The van der Waals surface area contributed by atoms with Gasteiger partial charge in [-0.3, -0.25) is 5.41 Å². The van der Waals surface area contributed by atoms with Crippen molar-refractivity contribution in [3.05, 3.63) is 41.6 Å². The molecule has 0 spiro atoms. The van der Waals surface area contributed by atoms with Crippen molar-refractivity contribution in [2.45, 2.75) is 38.0 Å². The van der Waals surface area contributed by atoms with E-state index in [-0.39, 0.29) is 11.6 Å². The van der Waals surface area contributed by atoms with Crippen LogP contribution in [0, 0.1) is 17.3 Å². The van der Waals surface area contributed by atoms with E-state index in [1.165, 1.54) is 0 Å². The van der Waals surface area contributed by atoms with Crippen LogP contribution >= 0.6 is 11.3 Å². The molecule has 2 aromatic heterocycles. The summed E-state index contributed by atoms with van der Waals surface area (Å²) in [6.07, 6.45) is 0. The maximum absolute atomic E-state index is 12.8. The van der Waals surface area contributed by atoms with Crippen LogP contribution in [0.5, 0.6) is 0 Å². The summed E-state index contributed by atoms with van der Waals surface area (Å²) in [6.45, 7) is 6.77. The van der Waals surface area contributed by atoms with Gasteiger partial charge in [0.15, 0.2) is 9.84 Å². The Hall–Kier alpha value is -2.43. The minimum absolute atomic E-state index is 0.0233. The third-order valence-electron chi connectivity index (χ3n) is 5.46. The second-order valence-electron chi connectivity index (χ2n) is 7.83. The number of thiophene rings is 1. The van der Waals surface area contributed by atoms with Crippen molar-refractivity contribution in [2.75, 3.05) is 5.75 Å². The number of hydrogen-bond donors (Lipinski definition) is 2. The smallest absolute Gasteiger partial charge is 0.165 e. The summed E-state index contributed by atoms with van der Waals surface area (Å²) >= 11 is 1.65. The number of nitrogens with one attached hydrogen (secondary N) is 2. The van der Waals surface area contributed by atoms with Crippen molar-refractivity contribution in [1.82, 2.24) is 10.3 Å². The maximum atomic E-state index is 12.8. The molecule has 0 amide bonds. The Morgan fingerprint density at radius 3 is 2.57 bits per heavy atom.